The summed E-state index contributed by atoms with van der Waals surface area (Å²) in [5, 5.41) is 20.9. The molecule has 0 radical (unpaired) electrons. The van der Waals surface area contributed by atoms with E-state index in [1.807, 2.05) is 24.4 Å². The fraction of sp³-hybridized carbons (Fsp3) is 0.273. The van der Waals surface area contributed by atoms with Gasteiger partial charge in [0.2, 0.25) is 0 Å². The van der Waals surface area contributed by atoms with E-state index in [0.29, 0.717) is 0 Å². The number of aliphatic hydroxyl groups is 2. The van der Waals surface area contributed by atoms with Crippen molar-refractivity contribution in [3.63, 3.8) is 0 Å². The van der Waals surface area contributed by atoms with E-state index >= 15 is 0 Å². The smallest absolute Gasteiger partial charge is 0.0970 e. The van der Waals surface area contributed by atoms with E-state index in [0.717, 1.165) is 4.88 Å². The standard InChI is InChI=1S/C11H12O2S/c1-11(10-3-2-4-14-10)6-8(12)5-9(13)7-11/h2-4,6-7,12-13H,5H2,1H3. The van der Waals surface area contributed by atoms with E-state index in [4.69, 9.17) is 0 Å². The minimum Gasteiger partial charge on any atom is -0.512 e. The molecule has 1 aromatic rings. The molecular formula is C11H12O2S. The summed E-state index contributed by atoms with van der Waals surface area (Å²) in [5.41, 5.74) is -0.361. The Morgan fingerprint density at radius 1 is 1.29 bits per heavy atom. The Balaban J connectivity index is 2.45. The lowest BCUT2D eigenvalue weighted by Gasteiger charge is -2.25. The fourth-order valence-corrected chi connectivity index (χ4v) is 2.58. The van der Waals surface area contributed by atoms with Crippen molar-refractivity contribution in [2.75, 3.05) is 0 Å². The van der Waals surface area contributed by atoms with Gasteiger partial charge in [0.05, 0.1) is 17.9 Å². The Kier molecular flexibility index (Phi) is 2.11. The number of thiophene rings is 1. The molecule has 0 saturated heterocycles. The van der Waals surface area contributed by atoms with Crippen molar-refractivity contribution in [1.29, 1.82) is 0 Å². The molecule has 0 spiro atoms. The van der Waals surface area contributed by atoms with E-state index in [1.54, 1.807) is 23.5 Å². The molecule has 1 aromatic heterocycles. The van der Waals surface area contributed by atoms with Gasteiger partial charge >= 0.3 is 0 Å². The van der Waals surface area contributed by atoms with Gasteiger partial charge in [-0.15, -0.1) is 11.3 Å². The molecular weight excluding hydrogens is 196 g/mol. The summed E-state index contributed by atoms with van der Waals surface area (Å²) in [7, 11) is 0. The topological polar surface area (TPSA) is 40.5 Å². The van der Waals surface area contributed by atoms with Gasteiger partial charge in [-0.1, -0.05) is 6.07 Å². The Bertz CT molecular complexity index is 369. The SMILES string of the molecule is CC1(c2cccs2)C=C(O)CC(O)=C1. The summed E-state index contributed by atoms with van der Waals surface area (Å²) < 4.78 is 0. The molecule has 2 N–H and O–H groups in total. The maximum Gasteiger partial charge on any atom is 0.0970 e. The van der Waals surface area contributed by atoms with Gasteiger partial charge in [0.1, 0.15) is 0 Å². The van der Waals surface area contributed by atoms with E-state index in [-0.39, 0.29) is 23.4 Å². The van der Waals surface area contributed by atoms with Gasteiger partial charge in [-0.3, -0.25) is 0 Å². The molecule has 14 heavy (non-hydrogen) atoms. The van der Waals surface area contributed by atoms with E-state index in [9.17, 15) is 10.2 Å². The van der Waals surface area contributed by atoms with Crippen LogP contribution in [0.15, 0.2) is 41.2 Å². The number of rotatable bonds is 1. The average molecular weight is 208 g/mol. The number of hydrogen-bond acceptors (Lipinski definition) is 3. The van der Waals surface area contributed by atoms with Gasteiger partial charge in [-0.25, -0.2) is 0 Å². The largest absolute Gasteiger partial charge is 0.512 e. The van der Waals surface area contributed by atoms with Gasteiger partial charge in [0.15, 0.2) is 0 Å². The summed E-state index contributed by atoms with van der Waals surface area (Å²) >= 11 is 1.62. The van der Waals surface area contributed by atoms with Crippen LogP contribution >= 0.6 is 11.3 Å². The summed E-state index contributed by atoms with van der Waals surface area (Å²) in [6, 6.07) is 3.97. The van der Waals surface area contributed by atoms with Crippen LogP contribution < -0.4 is 0 Å². The van der Waals surface area contributed by atoms with Crippen molar-refractivity contribution in [3.05, 3.63) is 46.1 Å². The number of aliphatic hydroxyl groups excluding tert-OH is 2. The molecule has 3 heteroatoms. The first-order valence-electron chi connectivity index (χ1n) is 4.45. The van der Waals surface area contributed by atoms with Crippen molar-refractivity contribution < 1.29 is 10.2 Å². The van der Waals surface area contributed by atoms with Crippen LogP contribution in [0.4, 0.5) is 0 Å². The Morgan fingerprint density at radius 2 is 1.93 bits per heavy atom. The molecule has 0 aliphatic heterocycles. The Morgan fingerprint density at radius 3 is 2.43 bits per heavy atom. The van der Waals surface area contributed by atoms with Crippen LogP contribution in [0.25, 0.3) is 0 Å². The highest BCUT2D eigenvalue weighted by molar-refractivity contribution is 7.10. The maximum atomic E-state index is 9.48. The summed E-state index contributed by atoms with van der Waals surface area (Å²) in [5.74, 6) is 0.474. The Labute approximate surface area is 86.8 Å². The second-order valence-corrected chi connectivity index (χ2v) is 4.66. The summed E-state index contributed by atoms with van der Waals surface area (Å²) in [4.78, 5) is 1.12. The third kappa shape index (κ3) is 1.55. The third-order valence-electron chi connectivity index (χ3n) is 2.35. The van der Waals surface area contributed by atoms with Crippen LogP contribution in [0.5, 0.6) is 0 Å². The second kappa shape index (κ2) is 3.17. The van der Waals surface area contributed by atoms with Gasteiger partial charge in [-0.2, -0.15) is 0 Å². The molecule has 74 valence electrons. The summed E-state index contributed by atoms with van der Waals surface area (Å²) in [6.45, 7) is 1.98. The second-order valence-electron chi connectivity index (χ2n) is 3.71. The molecule has 1 aliphatic carbocycles. The Hall–Kier alpha value is -1.22. The van der Waals surface area contributed by atoms with Crippen molar-refractivity contribution in [2.45, 2.75) is 18.8 Å². The highest BCUT2D eigenvalue weighted by Crippen LogP contribution is 2.36. The molecule has 2 rings (SSSR count). The molecule has 0 unspecified atom stereocenters. The first kappa shape index (κ1) is 9.34. The molecule has 1 aliphatic rings. The van der Waals surface area contributed by atoms with Crippen molar-refractivity contribution in [2.24, 2.45) is 0 Å². The lowest BCUT2D eigenvalue weighted by molar-refractivity contribution is 0.324. The lowest BCUT2D eigenvalue weighted by atomic mass is 9.83. The first-order valence-corrected chi connectivity index (χ1v) is 5.33. The zero-order valence-corrected chi connectivity index (χ0v) is 8.71. The highest BCUT2D eigenvalue weighted by atomic mass is 32.1. The average Bonchev–Trinajstić information content (AvgIpc) is 2.52. The lowest BCUT2D eigenvalue weighted by Crippen LogP contribution is -2.19. The molecule has 0 fully saturated rings. The predicted molar refractivity (Wildman–Crippen MR) is 57.7 cm³/mol. The van der Waals surface area contributed by atoms with Crippen LogP contribution in [0.3, 0.4) is 0 Å². The number of allylic oxidation sites excluding steroid dienone is 2. The van der Waals surface area contributed by atoms with Crippen molar-refractivity contribution in [1.82, 2.24) is 0 Å². The number of hydrogen-bond donors (Lipinski definition) is 2. The minimum atomic E-state index is -0.361. The van der Waals surface area contributed by atoms with Crippen molar-refractivity contribution >= 4 is 11.3 Å². The highest BCUT2D eigenvalue weighted by Gasteiger charge is 2.27. The molecule has 0 bridgehead atoms. The third-order valence-corrected chi connectivity index (χ3v) is 3.47. The van der Waals surface area contributed by atoms with Gasteiger partial charge in [0.25, 0.3) is 0 Å². The zero-order chi connectivity index (χ0) is 10.2. The maximum absolute atomic E-state index is 9.48. The zero-order valence-electron chi connectivity index (χ0n) is 7.90. The van der Waals surface area contributed by atoms with Gasteiger partial charge in [0, 0.05) is 10.3 Å². The van der Waals surface area contributed by atoms with Gasteiger partial charge in [-0.05, 0) is 30.5 Å². The molecule has 1 heterocycles. The predicted octanol–water partition coefficient (Wildman–Crippen LogP) is 3.29. The minimum absolute atomic E-state index is 0.237. The van der Waals surface area contributed by atoms with E-state index < -0.39 is 0 Å². The molecule has 0 atom stereocenters. The van der Waals surface area contributed by atoms with Gasteiger partial charge < -0.3 is 10.2 Å². The molecule has 0 amide bonds. The van der Waals surface area contributed by atoms with Crippen molar-refractivity contribution in [3.8, 4) is 0 Å². The summed E-state index contributed by atoms with van der Waals surface area (Å²) in [6.07, 6.45) is 3.83. The van der Waals surface area contributed by atoms with Crippen LogP contribution in [0, 0.1) is 0 Å². The van der Waals surface area contributed by atoms with Crippen LogP contribution in [0.1, 0.15) is 18.2 Å². The molecule has 2 nitrogen and oxygen atoms in total. The van der Waals surface area contributed by atoms with Crippen LogP contribution in [0.2, 0.25) is 0 Å². The molecule has 0 aromatic carbocycles. The van der Waals surface area contributed by atoms with Crippen LogP contribution in [-0.2, 0) is 5.41 Å². The molecule has 0 saturated carbocycles. The normalized spacial score (nSPS) is 20.1. The van der Waals surface area contributed by atoms with E-state index in [1.165, 1.54) is 0 Å². The quantitative estimate of drug-likeness (QED) is 0.743. The van der Waals surface area contributed by atoms with Crippen LogP contribution in [-0.4, -0.2) is 10.2 Å². The van der Waals surface area contributed by atoms with E-state index in [2.05, 4.69) is 0 Å². The monoisotopic (exact) mass is 208 g/mol. The fourth-order valence-electron chi connectivity index (χ4n) is 1.75. The first-order chi connectivity index (χ1) is 6.60.